The van der Waals surface area contributed by atoms with E-state index in [1.807, 2.05) is 12.1 Å². The summed E-state index contributed by atoms with van der Waals surface area (Å²) >= 11 is 0. The highest BCUT2D eigenvalue weighted by Crippen LogP contribution is 2.25. The van der Waals surface area contributed by atoms with Crippen LogP contribution in [0.4, 0.5) is 11.4 Å². The summed E-state index contributed by atoms with van der Waals surface area (Å²) in [7, 11) is 0. The lowest BCUT2D eigenvalue weighted by atomic mass is 10.0. The number of hydrogen-bond acceptors (Lipinski definition) is 6. The maximum absolute atomic E-state index is 10.9. The third kappa shape index (κ3) is 3.60. The van der Waals surface area contributed by atoms with E-state index in [1.165, 1.54) is 23.8 Å². The lowest BCUT2D eigenvalue weighted by molar-refractivity contribution is -0.384. The third-order valence-electron chi connectivity index (χ3n) is 4.98. The second-order valence-electron chi connectivity index (χ2n) is 6.90. The molecule has 0 aliphatic carbocycles. The number of nitrogen functional groups attached to an aromatic ring is 1. The number of benzene rings is 2. The summed E-state index contributed by atoms with van der Waals surface area (Å²) in [5.74, 6) is 0. The lowest BCUT2D eigenvalue weighted by Gasteiger charge is -2.26. The monoisotopic (exact) mass is 379 g/mol. The molecule has 1 saturated heterocycles. The van der Waals surface area contributed by atoms with Crippen molar-refractivity contribution in [3.05, 3.63) is 69.4 Å². The maximum atomic E-state index is 10.9. The number of rotatable bonds is 5. The summed E-state index contributed by atoms with van der Waals surface area (Å²) in [5.41, 5.74) is 9.51. The molecule has 0 atom stereocenters. The molecule has 0 saturated carbocycles. The topological polar surface area (TPSA) is 121 Å². The Balaban J connectivity index is 1.58. The summed E-state index contributed by atoms with van der Waals surface area (Å²) in [6.07, 6.45) is 0. The van der Waals surface area contributed by atoms with Crippen LogP contribution in [-0.4, -0.2) is 46.8 Å². The highest BCUT2D eigenvalue weighted by molar-refractivity contribution is 6.14. The van der Waals surface area contributed by atoms with E-state index >= 15 is 0 Å². The van der Waals surface area contributed by atoms with Crippen molar-refractivity contribution >= 4 is 28.0 Å². The van der Waals surface area contributed by atoms with Crippen molar-refractivity contribution in [2.45, 2.75) is 6.54 Å². The van der Waals surface area contributed by atoms with Gasteiger partial charge in [0.05, 0.1) is 29.5 Å². The van der Waals surface area contributed by atoms with Crippen LogP contribution >= 0.6 is 0 Å². The number of morpholine rings is 1. The minimum absolute atomic E-state index is 0.0848. The van der Waals surface area contributed by atoms with E-state index in [1.54, 1.807) is 0 Å². The quantitative estimate of drug-likeness (QED) is 0.272. The highest BCUT2D eigenvalue weighted by Gasteiger charge is 2.16. The van der Waals surface area contributed by atoms with Gasteiger partial charge in [0.2, 0.25) is 0 Å². The first-order valence-electron chi connectivity index (χ1n) is 9.06. The predicted molar refractivity (Wildman–Crippen MR) is 108 cm³/mol. The van der Waals surface area contributed by atoms with E-state index in [0.717, 1.165) is 43.8 Å². The van der Waals surface area contributed by atoms with Gasteiger partial charge in [0.25, 0.3) is 5.69 Å². The molecule has 28 heavy (non-hydrogen) atoms. The van der Waals surface area contributed by atoms with Gasteiger partial charge in [0.1, 0.15) is 0 Å². The average molecular weight is 379 g/mol. The van der Waals surface area contributed by atoms with E-state index in [-0.39, 0.29) is 17.1 Å². The van der Waals surface area contributed by atoms with Crippen molar-refractivity contribution in [3.8, 4) is 0 Å². The first kappa shape index (κ1) is 18.1. The fourth-order valence-corrected chi connectivity index (χ4v) is 3.47. The zero-order valence-corrected chi connectivity index (χ0v) is 15.3. The zero-order valence-electron chi connectivity index (χ0n) is 15.3. The van der Waals surface area contributed by atoms with Crippen molar-refractivity contribution < 1.29 is 9.66 Å². The van der Waals surface area contributed by atoms with Crippen molar-refractivity contribution in [2.75, 3.05) is 32.0 Å². The second kappa shape index (κ2) is 7.41. The van der Waals surface area contributed by atoms with Gasteiger partial charge in [-0.25, -0.2) is 0 Å². The molecule has 1 fully saturated rings. The number of nitrogens with one attached hydrogen (secondary N) is 2. The Labute approximate surface area is 161 Å². The van der Waals surface area contributed by atoms with E-state index in [4.69, 9.17) is 15.9 Å². The van der Waals surface area contributed by atoms with Crippen molar-refractivity contribution in [2.24, 2.45) is 0 Å². The Kier molecular flexibility index (Phi) is 4.81. The number of anilines is 1. The minimum Gasteiger partial charge on any atom is -0.398 e. The number of H-pyrrole nitrogens is 1. The molecule has 4 N–H and O–H groups in total. The SMILES string of the molecule is N=C(c1cc2cc(CN3CCOCC3)ccc2[nH]1)c1ccc([N+](=O)[O-])cc1N. The molecular weight excluding hydrogens is 358 g/mol. The van der Waals surface area contributed by atoms with Crippen LogP contribution in [0.25, 0.3) is 10.9 Å². The fourth-order valence-electron chi connectivity index (χ4n) is 3.47. The van der Waals surface area contributed by atoms with Crippen LogP contribution in [0.2, 0.25) is 0 Å². The molecule has 0 bridgehead atoms. The van der Waals surface area contributed by atoms with E-state index in [9.17, 15) is 10.1 Å². The summed E-state index contributed by atoms with van der Waals surface area (Å²) in [4.78, 5) is 16.0. The summed E-state index contributed by atoms with van der Waals surface area (Å²) < 4.78 is 5.39. The van der Waals surface area contributed by atoms with Crippen LogP contribution in [0, 0.1) is 15.5 Å². The zero-order chi connectivity index (χ0) is 19.7. The number of non-ortho nitro benzene ring substituents is 1. The molecule has 0 unspecified atom stereocenters. The van der Waals surface area contributed by atoms with Crippen LogP contribution in [0.3, 0.4) is 0 Å². The Hall–Kier alpha value is -3.23. The number of hydrogen-bond donors (Lipinski definition) is 3. The highest BCUT2D eigenvalue weighted by atomic mass is 16.6. The molecule has 4 rings (SSSR count). The normalized spacial score (nSPS) is 15.0. The first-order chi connectivity index (χ1) is 13.5. The third-order valence-corrected chi connectivity index (χ3v) is 4.98. The Morgan fingerprint density at radius 3 is 2.71 bits per heavy atom. The van der Waals surface area contributed by atoms with Crippen LogP contribution in [0.1, 0.15) is 16.8 Å². The predicted octanol–water partition coefficient (Wildman–Crippen LogP) is 2.91. The largest absolute Gasteiger partial charge is 0.398 e. The molecule has 0 radical (unpaired) electrons. The van der Waals surface area contributed by atoms with Gasteiger partial charge in [-0.2, -0.15) is 0 Å². The number of nitrogens with zero attached hydrogens (tertiary/aromatic N) is 2. The van der Waals surface area contributed by atoms with Gasteiger partial charge in [-0.3, -0.25) is 20.4 Å². The van der Waals surface area contributed by atoms with Crippen molar-refractivity contribution in [3.63, 3.8) is 0 Å². The van der Waals surface area contributed by atoms with Gasteiger partial charge >= 0.3 is 0 Å². The molecule has 0 amide bonds. The van der Waals surface area contributed by atoms with E-state index < -0.39 is 4.92 Å². The number of ether oxygens (including phenoxy) is 1. The van der Waals surface area contributed by atoms with Gasteiger partial charge in [-0.05, 0) is 29.8 Å². The molecule has 0 spiro atoms. The molecule has 8 heteroatoms. The van der Waals surface area contributed by atoms with Crippen molar-refractivity contribution in [1.29, 1.82) is 5.41 Å². The standard InChI is InChI=1S/C20H21N5O3/c21-17-11-15(25(26)27)2-3-16(17)20(22)19-10-14-9-13(1-4-18(14)23-19)12-24-5-7-28-8-6-24/h1-4,9-11,22-23H,5-8,12,21H2. The van der Waals surface area contributed by atoms with Crippen LogP contribution < -0.4 is 5.73 Å². The lowest BCUT2D eigenvalue weighted by Crippen LogP contribution is -2.35. The van der Waals surface area contributed by atoms with Gasteiger partial charge in [0.15, 0.2) is 0 Å². The Morgan fingerprint density at radius 1 is 1.21 bits per heavy atom. The molecular formula is C20H21N5O3. The number of nitro benzene ring substituents is 1. The van der Waals surface area contributed by atoms with Crippen LogP contribution in [-0.2, 0) is 11.3 Å². The smallest absolute Gasteiger partial charge is 0.271 e. The van der Waals surface area contributed by atoms with E-state index in [0.29, 0.717) is 11.3 Å². The summed E-state index contributed by atoms with van der Waals surface area (Å²) in [6, 6.07) is 12.3. The van der Waals surface area contributed by atoms with Crippen LogP contribution in [0.5, 0.6) is 0 Å². The molecule has 1 aliphatic rings. The van der Waals surface area contributed by atoms with Crippen LogP contribution in [0.15, 0.2) is 42.5 Å². The maximum Gasteiger partial charge on any atom is 0.271 e. The number of fused-ring (bicyclic) bond motifs is 1. The molecule has 144 valence electrons. The number of aromatic amines is 1. The second-order valence-corrected chi connectivity index (χ2v) is 6.90. The minimum atomic E-state index is -0.497. The molecule has 2 heterocycles. The molecule has 1 aliphatic heterocycles. The van der Waals surface area contributed by atoms with Gasteiger partial charge < -0.3 is 15.5 Å². The Bertz CT molecular complexity index is 1050. The van der Waals surface area contributed by atoms with E-state index in [2.05, 4.69) is 22.0 Å². The number of aromatic nitrogens is 1. The number of nitrogens with two attached hydrogens (primary N) is 1. The summed E-state index contributed by atoms with van der Waals surface area (Å²) in [6.45, 7) is 4.27. The van der Waals surface area contributed by atoms with Gasteiger partial charge in [0, 0.05) is 53.9 Å². The Morgan fingerprint density at radius 2 is 2.00 bits per heavy atom. The van der Waals surface area contributed by atoms with Gasteiger partial charge in [-0.1, -0.05) is 6.07 Å². The number of nitro groups is 1. The van der Waals surface area contributed by atoms with Crippen molar-refractivity contribution in [1.82, 2.24) is 9.88 Å². The average Bonchev–Trinajstić information content (AvgIpc) is 3.11. The molecule has 3 aromatic rings. The molecule has 8 nitrogen and oxygen atoms in total. The summed E-state index contributed by atoms with van der Waals surface area (Å²) in [5, 5.41) is 20.4. The fraction of sp³-hybridized carbons (Fsp3) is 0.250. The molecule has 1 aromatic heterocycles. The molecule has 2 aromatic carbocycles. The first-order valence-corrected chi connectivity index (χ1v) is 9.06. The van der Waals surface area contributed by atoms with Gasteiger partial charge in [-0.15, -0.1) is 0 Å².